The standard InChI is InChI=1S/C16H15ClN2O2S.ClH/c1-11-15(9-17)19-10-13(5-8-16(19)18-11)12-3-6-14(7-4-12)22(2,20)21;/h3-8,10H,9H2,1-2H3;1H. The maximum atomic E-state index is 11.5. The smallest absolute Gasteiger partial charge is 0.175 e. The first-order chi connectivity index (χ1) is 10.4. The van der Waals surface area contributed by atoms with Crippen LogP contribution in [0.2, 0.25) is 0 Å². The van der Waals surface area contributed by atoms with Crippen LogP contribution in [0.25, 0.3) is 16.8 Å². The molecule has 122 valence electrons. The van der Waals surface area contributed by atoms with Crippen LogP contribution in [-0.2, 0) is 15.7 Å². The second-order valence-electron chi connectivity index (χ2n) is 5.22. The van der Waals surface area contributed by atoms with Crippen LogP contribution < -0.4 is 0 Å². The molecule has 0 spiro atoms. The zero-order chi connectivity index (χ0) is 15.9. The van der Waals surface area contributed by atoms with E-state index in [0.29, 0.717) is 10.8 Å². The van der Waals surface area contributed by atoms with E-state index in [2.05, 4.69) is 4.98 Å². The first-order valence-electron chi connectivity index (χ1n) is 6.74. The van der Waals surface area contributed by atoms with Gasteiger partial charge >= 0.3 is 0 Å². The molecule has 3 rings (SSSR count). The minimum absolute atomic E-state index is 0. The zero-order valence-electron chi connectivity index (χ0n) is 12.7. The normalized spacial score (nSPS) is 11.4. The van der Waals surface area contributed by atoms with Crippen molar-refractivity contribution in [2.24, 2.45) is 0 Å². The van der Waals surface area contributed by atoms with E-state index in [1.165, 1.54) is 6.26 Å². The monoisotopic (exact) mass is 370 g/mol. The molecule has 4 nitrogen and oxygen atoms in total. The SMILES string of the molecule is Cc1nc2ccc(-c3ccc(S(C)(=O)=O)cc3)cn2c1CCl.Cl. The van der Waals surface area contributed by atoms with Gasteiger partial charge in [-0.25, -0.2) is 13.4 Å². The van der Waals surface area contributed by atoms with Crippen LogP contribution in [0.4, 0.5) is 0 Å². The van der Waals surface area contributed by atoms with Crippen LogP contribution in [-0.4, -0.2) is 24.1 Å². The number of benzene rings is 1. The third-order valence-electron chi connectivity index (χ3n) is 3.66. The Balaban J connectivity index is 0.00000192. The minimum atomic E-state index is -3.18. The van der Waals surface area contributed by atoms with E-state index in [1.807, 2.05) is 41.8 Å². The molecular weight excluding hydrogens is 355 g/mol. The van der Waals surface area contributed by atoms with E-state index in [9.17, 15) is 8.42 Å². The summed E-state index contributed by atoms with van der Waals surface area (Å²) in [5, 5.41) is 0. The molecule has 0 radical (unpaired) electrons. The fraction of sp³-hybridized carbons (Fsp3) is 0.188. The molecule has 0 saturated carbocycles. The molecule has 0 aliphatic rings. The van der Waals surface area contributed by atoms with Crippen LogP contribution in [0.15, 0.2) is 47.5 Å². The second-order valence-corrected chi connectivity index (χ2v) is 7.50. The summed E-state index contributed by atoms with van der Waals surface area (Å²) in [6.07, 6.45) is 3.18. The van der Waals surface area contributed by atoms with E-state index >= 15 is 0 Å². The molecule has 0 fully saturated rings. The number of hydrogen-bond acceptors (Lipinski definition) is 3. The molecule has 23 heavy (non-hydrogen) atoms. The van der Waals surface area contributed by atoms with Gasteiger partial charge in [-0.1, -0.05) is 12.1 Å². The highest BCUT2D eigenvalue weighted by molar-refractivity contribution is 7.90. The van der Waals surface area contributed by atoms with Crippen molar-refractivity contribution in [1.29, 1.82) is 0 Å². The van der Waals surface area contributed by atoms with Gasteiger partial charge < -0.3 is 4.40 Å². The molecule has 7 heteroatoms. The molecule has 0 atom stereocenters. The Kier molecular flexibility index (Phi) is 5.04. The molecular formula is C16H16Cl2N2O2S. The van der Waals surface area contributed by atoms with Crippen LogP contribution in [0.5, 0.6) is 0 Å². The lowest BCUT2D eigenvalue weighted by Crippen LogP contribution is -1.96. The Morgan fingerprint density at radius 3 is 2.26 bits per heavy atom. The third kappa shape index (κ3) is 3.37. The number of rotatable bonds is 3. The van der Waals surface area contributed by atoms with Gasteiger partial charge in [0.25, 0.3) is 0 Å². The predicted octanol–water partition coefficient (Wildman–Crippen LogP) is 3.87. The van der Waals surface area contributed by atoms with Gasteiger partial charge in [0, 0.05) is 12.5 Å². The number of alkyl halides is 1. The van der Waals surface area contributed by atoms with E-state index in [1.54, 1.807) is 12.1 Å². The first kappa shape index (κ1) is 17.8. The quantitative estimate of drug-likeness (QED) is 0.657. The van der Waals surface area contributed by atoms with Crippen LogP contribution in [0.3, 0.4) is 0 Å². The highest BCUT2D eigenvalue weighted by Gasteiger charge is 2.10. The summed E-state index contributed by atoms with van der Waals surface area (Å²) < 4.78 is 25.0. The summed E-state index contributed by atoms with van der Waals surface area (Å²) in [5.41, 5.74) is 4.66. The topological polar surface area (TPSA) is 51.4 Å². The molecule has 2 aromatic heterocycles. The molecule has 0 saturated heterocycles. The molecule has 2 heterocycles. The summed E-state index contributed by atoms with van der Waals surface area (Å²) in [6, 6.07) is 10.8. The fourth-order valence-corrected chi connectivity index (χ4v) is 3.39. The number of pyridine rings is 1. The lowest BCUT2D eigenvalue weighted by atomic mass is 10.1. The minimum Gasteiger partial charge on any atom is -0.302 e. The first-order valence-corrected chi connectivity index (χ1v) is 9.17. The van der Waals surface area contributed by atoms with Crippen molar-refractivity contribution in [3.63, 3.8) is 0 Å². The Labute approximate surface area is 146 Å². The zero-order valence-corrected chi connectivity index (χ0v) is 15.0. The van der Waals surface area contributed by atoms with Crippen molar-refractivity contribution >= 4 is 39.5 Å². The van der Waals surface area contributed by atoms with Crippen LogP contribution >= 0.6 is 24.0 Å². The molecule has 0 N–H and O–H groups in total. The molecule has 0 aliphatic heterocycles. The van der Waals surface area contributed by atoms with Gasteiger partial charge in [-0.2, -0.15) is 0 Å². The molecule has 0 amide bonds. The summed E-state index contributed by atoms with van der Waals surface area (Å²) >= 11 is 5.99. The van der Waals surface area contributed by atoms with E-state index < -0.39 is 9.84 Å². The summed E-state index contributed by atoms with van der Waals surface area (Å²) in [6.45, 7) is 1.94. The number of aryl methyl sites for hydroxylation is 1. The van der Waals surface area contributed by atoms with E-state index in [0.717, 1.165) is 28.2 Å². The number of imidazole rings is 1. The summed E-state index contributed by atoms with van der Waals surface area (Å²) in [4.78, 5) is 4.78. The van der Waals surface area contributed by atoms with Gasteiger partial charge in [-0.15, -0.1) is 24.0 Å². The second kappa shape index (κ2) is 6.51. The Bertz CT molecular complexity index is 948. The fourth-order valence-electron chi connectivity index (χ4n) is 2.44. The largest absolute Gasteiger partial charge is 0.302 e. The molecule has 0 bridgehead atoms. The van der Waals surface area contributed by atoms with Crippen LogP contribution in [0, 0.1) is 6.92 Å². The predicted molar refractivity (Wildman–Crippen MR) is 95.3 cm³/mol. The van der Waals surface area contributed by atoms with Crippen molar-refractivity contribution in [2.45, 2.75) is 17.7 Å². The molecule has 0 unspecified atom stereocenters. The van der Waals surface area contributed by atoms with Crippen molar-refractivity contribution in [1.82, 2.24) is 9.38 Å². The maximum absolute atomic E-state index is 11.5. The van der Waals surface area contributed by atoms with Gasteiger partial charge in [0.1, 0.15) is 5.65 Å². The number of fused-ring (bicyclic) bond motifs is 1. The Morgan fingerprint density at radius 1 is 1.09 bits per heavy atom. The van der Waals surface area contributed by atoms with Gasteiger partial charge in [0.05, 0.1) is 22.2 Å². The average Bonchev–Trinajstić information content (AvgIpc) is 2.80. The van der Waals surface area contributed by atoms with Crippen molar-refractivity contribution in [3.8, 4) is 11.1 Å². The van der Waals surface area contributed by atoms with Crippen molar-refractivity contribution < 1.29 is 8.42 Å². The van der Waals surface area contributed by atoms with Gasteiger partial charge in [-0.05, 0) is 42.3 Å². The highest BCUT2D eigenvalue weighted by atomic mass is 35.5. The Morgan fingerprint density at radius 2 is 1.70 bits per heavy atom. The molecule has 0 aliphatic carbocycles. The third-order valence-corrected chi connectivity index (χ3v) is 5.04. The van der Waals surface area contributed by atoms with Gasteiger partial charge in [-0.3, -0.25) is 0 Å². The molecule has 3 aromatic rings. The average molecular weight is 371 g/mol. The van der Waals surface area contributed by atoms with E-state index in [4.69, 9.17) is 11.6 Å². The molecule has 1 aromatic carbocycles. The number of hydrogen-bond donors (Lipinski definition) is 0. The van der Waals surface area contributed by atoms with Crippen LogP contribution in [0.1, 0.15) is 11.4 Å². The maximum Gasteiger partial charge on any atom is 0.175 e. The highest BCUT2D eigenvalue weighted by Crippen LogP contribution is 2.24. The van der Waals surface area contributed by atoms with Crippen molar-refractivity contribution in [2.75, 3.05) is 6.26 Å². The summed E-state index contributed by atoms with van der Waals surface area (Å²) in [5.74, 6) is 0.392. The number of halogens is 2. The Hall–Kier alpha value is -1.56. The number of aromatic nitrogens is 2. The van der Waals surface area contributed by atoms with Gasteiger partial charge in [0.15, 0.2) is 9.84 Å². The van der Waals surface area contributed by atoms with E-state index in [-0.39, 0.29) is 12.4 Å². The summed E-state index contributed by atoms with van der Waals surface area (Å²) in [7, 11) is -3.18. The number of nitrogens with zero attached hydrogens (tertiary/aromatic N) is 2. The lowest BCUT2D eigenvalue weighted by molar-refractivity contribution is 0.602. The van der Waals surface area contributed by atoms with Gasteiger partial charge in [0.2, 0.25) is 0 Å². The number of sulfone groups is 1. The lowest BCUT2D eigenvalue weighted by Gasteiger charge is -2.06. The van der Waals surface area contributed by atoms with Crippen molar-refractivity contribution in [3.05, 3.63) is 54.0 Å².